The summed E-state index contributed by atoms with van der Waals surface area (Å²) in [5.41, 5.74) is -0.211. The largest absolute Gasteiger partial charge is 0.484 e. The van der Waals surface area contributed by atoms with Crippen molar-refractivity contribution in [1.82, 2.24) is 9.97 Å². The molecule has 2 atom stereocenters. The molecular formula is C22H24F2N4O3. The molecular weight excluding hydrogens is 406 g/mol. The van der Waals surface area contributed by atoms with Crippen LogP contribution in [0.1, 0.15) is 36.7 Å². The number of nitrogens with one attached hydrogen (secondary N) is 1. The van der Waals surface area contributed by atoms with Crippen LogP contribution in [0.4, 0.5) is 20.3 Å². The Morgan fingerprint density at radius 1 is 1.16 bits per heavy atom. The number of carbonyl (C=O) groups is 1. The second kappa shape index (κ2) is 7.40. The zero-order chi connectivity index (χ0) is 21.8. The Morgan fingerprint density at radius 3 is 2.48 bits per heavy atom. The monoisotopic (exact) mass is 430 g/mol. The molecule has 1 amide bonds. The average molecular weight is 430 g/mol. The van der Waals surface area contributed by atoms with E-state index in [2.05, 4.69) is 15.3 Å². The summed E-state index contributed by atoms with van der Waals surface area (Å²) in [6, 6.07) is 2.12. The molecule has 3 fully saturated rings. The average Bonchev–Trinajstić information content (AvgIpc) is 3.34. The van der Waals surface area contributed by atoms with E-state index in [1.54, 1.807) is 13.3 Å². The molecule has 3 aliphatic rings. The van der Waals surface area contributed by atoms with E-state index >= 15 is 0 Å². The van der Waals surface area contributed by atoms with Crippen LogP contribution in [0.3, 0.4) is 0 Å². The van der Waals surface area contributed by atoms with Crippen molar-refractivity contribution in [2.24, 2.45) is 11.8 Å². The van der Waals surface area contributed by atoms with Crippen molar-refractivity contribution in [2.45, 2.75) is 37.9 Å². The van der Waals surface area contributed by atoms with Crippen molar-refractivity contribution >= 4 is 17.4 Å². The lowest BCUT2D eigenvalue weighted by Crippen LogP contribution is -2.61. The molecule has 31 heavy (non-hydrogen) atoms. The number of fused-ring (bicyclic) bond motifs is 1. The topological polar surface area (TPSA) is 76.6 Å². The number of benzene rings is 1. The van der Waals surface area contributed by atoms with Gasteiger partial charge in [0.15, 0.2) is 17.4 Å². The highest BCUT2D eigenvalue weighted by atomic mass is 19.1. The smallest absolute Gasteiger partial charge is 0.275 e. The fourth-order valence-corrected chi connectivity index (χ4v) is 4.53. The van der Waals surface area contributed by atoms with E-state index in [9.17, 15) is 13.6 Å². The zero-order valence-electron chi connectivity index (χ0n) is 17.4. The molecule has 5 rings (SSSR count). The van der Waals surface area contributed by atoms with Crippen LogP contribution < -0.4 is 15.0 Å². The predicted molar refractivity (Wildman–Crippen MR) is 109 cm³/mol. The minimum Gasteiger partial charge on any atom is -0.484 e. The van der Waals surface area contributed by atoms with E-state index < -0.39 is 17.5 Å². The molecule has 1 N–H and O–H groups in total. The van der Waals surface area contributed by atoms with Crippen LogP contribution in [0.25, 0.3) is 0 Å². The van der Waals surface area contributed by atoms with Gasteiger partial charge < -0.3 is 19.7 Å². The zero-order valence-corrected chi connectivity index (χ0v) is 17.4. The molecule has 2 unspecified atom stereocenters. The molecule has 2 heterocycles. The van der Waals surface area contributed by atoms with Crippen LogP contribution in [0.2, 0.25) is 0 Å². The Hall–Kier alpha value is -2.81. The molecule has 2 aliphatic carbocycles. The number of hydrogen-bond acceptors (Lipinski definition) is 6. The van der Waals surface area contributed by atoms with Gasteiger partial charge in [-0.2, -0.15) is 0 Å². The van der Waals surface area contributed by atoms with Gasteiger partial charge in [-0.3, -0.25) is 9.78 Å². The van der Waals surface area contributed by atoms with Crippen LogP contribution in [0.5, 0.6) is 5.75 Å². The maximum atomic E-state index is 14.5. The normalized spacial score (nSPS) is 25.5. The summed E-state index contributed by atoms with van der Waals surface area (Å²) in [6.45, 7) is 3.24. The molecule has 2 aromatic rings. The van der Waals surface area contributed by atoms with E-state index in [0.717, 1.165) is 25.0 Å². The van der Waals surface area contributed by atoms with Gasteiger partial charge in [0, 0.05) is 24.9 Å². The number of ether oxygens (including phenoxy) is 2. The van der Waals surface area contributed by atoms with E-state index in [1.165, 1.54) is 12.6 Å². The number of nitrogens with zero attached hydrogens (tertiary/aromatic N) is 3. The molecule has 1 aromatic heterocycles. The molecule has 1 aromatic carbocycles. The van der Waals surface area contributed by atoms with Gasteiger partial charge in [0.2, 0.25) is 0 Å². The third kappa shape index (κ3) is 3.94. The van der Waals surface area contributed by atoms with Gasteiger partial charge in [0.05, 0.1) is 37.2 Å². The molecule has 9 heteroatoms. The molecule has 7 nitrogen and oxygen atoms in total. The van der Waals surface area contributed by atoms with Crippen LogP contribution in [0.15, 0.2) is 24.5 Å². The molecule has 0 radical (unpaired) electrons. The second-order valence-corrected chi connectivity index (χ2v) is 8.96. The summed E-state index contributed by atoms with van der Waals surface area (Å²) in [4.78, 5) is 22.9. The first-order chi connectivity index (χ1) is 14.8. The first kappa shape index (κ1) is 20.1. The van der Waals surface area contributed by atoms with Crippen molar-refractivity contribution < 1.29 is 23.0 Å². The highest BCUT2D eigenvalue weighted by molar-refractivity contribution is 6.02. The Kier molecular flexibility index (Phi) is 4.80. The Morgan fingerprint density at radius 2 is 1.84 bits per heavy atom. The summed E-state index contributed by atoms with van der Waals surface area (Å²) < 4.78 is 40.0. The minimum atomic E-state index is -0.838. The van der Waals surface area contributed by atoms with Gasteiger partial charge in [0.1, 0.15) is 11.5 Å². The number of halogens is 2. The Labute approximate surface area is 178 Å². The standard InChI is InChI=1S/C22H24F2N4O3/c1-22(30-2)10-28(11-22)19-9-25-8-18(27-19)21(29)26-14-6-16(23)20(17(24)7-14)31-15-4-12-3-13(12)5-15/h6-9,12-13,15H,3-5,10-11H2,1-2H3,(H,26,29). The van der Waals surface area contributed by atoms with Crippen LogP contribution >= 0.6 is 0 Å². The first-order valence-corrected chi connectivity index (χ1v) is 10.4. The first-order valence-electron chi connectivity index (χ1n) is 10.4. The van der Waals surface area contributed by atoms with Crippen LogP contribution in [-0.2, 0) is 4.74 Å². The quantitative estimate of drug-likeness (QED) is 0.757. The van der Waals surface area contributed by atoms with E-state index in [1.807, 2.05) is 11.8 Å². The molecule has 2 saturated carbocycles. The summed E-state index contributed by atoms with van der Waals surface area (Å²) >= 11 is 0. The molecule has 1 aliphatic heterocycles. The summed E-state index contributed by atoms with van der Waals surface area (Å²) in [7, 11) is 1.65. The van der Waals surface area contributed by atoms with Crippen molar-refractivity contribution in [3.63, 3.8) is 0 Å². The maximum absolute atomic E-state index is 14.5. The fraction of sp³-hybridized carbons (Fsp3) is 0.500. The van der Waals surface area contributed by atoms with Gasteiger partial charge in [0.25, 0.3) is 5.91 Å². The van der Waals surface area contributed by atoms with Gasteiger partial charge >= 0.3 is 0 Å². The van der Waals surface area contributed by atoms with E-state index in [4.69, 9.17) is 9.47 Å². The van der Waals surface area contributed by atoms with Crippen molar-refractivity contribution in [3.8, 4) is 5.75 Å². The SMILES string of the molecule is COC1(C)CN(c2cncc(C(=O)Nc3cc(F)c(OC4CC5CC5C4)c(F)c3)n2)C1. The number of methoxy groups -OCH3 is 1. The molecule has 1 saturated heterocycles. The Balaban J connectivity index is 1.25. The third-order valence-corrected chi connectivity index (χ3v) is 6.46. The van der Waals surface area contributed by atoms with E-state index in [0.29, 0.717) is 30.7 Å². The van der Waals surface area contributed by atoms with Crippen LogP contribution in [0, 0.1) is 23.5 Å². The minimum absolute atomic E-state index is 0.00951. The highest BCUT2D eigenvalue weighted by Gasteiger charge is 2.47. The Bertz CT molecular complexity index is 995. The third-order valence-electron chi connectivity index (χ3n) is 6.46. The number of carbonyl (C=O) groups excluding carboxylic acids is 1. The molecule has 0 spiro atoms. The fourth-order valence-electron chi connectivity index (χ4n) is 4.53. The van der Waals surface area contributed by atoms with Gasteiger partial charge in [-0.15, -0.1) is 0 Å². The number of amides is 1. The summed E-state index contributed by atoms with van der Waals surface area (Å²) in [6.07, 6.45) is 5.61. The van der Waals surface area contributed by atoms with Crippen molar-refractivity contribution in [2.75, 3.05) is 30.4 Å². The number of hydrogen-bond donors (Lipinski definition) is 1. The summed E-state index contributed by atoms with van der Waals surface area (Å²) in [5.74, 6) is -0.835. The molecule has 0 bridgehead atoms. The summed E-state index contributed by atoms with van der Waals surface area (Å²) in [5, 5.41) is 2.48. The number of anilines is 2. The number of rotatable bonds is 6. The lowest BCUT2D eigenvalue weighted by atomic mass is 9.97. The van der Waals surface area contributed by atoms with Crippen molar-refractivity contribution in [3.05, 3.63) is 41.9 Å². The molecule has 164 valence electrons. The second-order valence-electron chi connectivity index (χ2n) is 8.96. The maximum Gasteiger partial charge on any atom is 0.275 e. The van der Waals surface area contributed by atoms with Crippen molar-refractivity contribution in [1.29, 1.82) is 0 Å². The lowest BCUT2D eigenvalue weighted by molar-refractivity contribution is -0.0171. The van der Waals surface area contributed by atoms with Crippen LogP contribution in [-0.4, -0.2) is 47.8 Å². The lowest BCUT2D eigenvalue weighted by Gasteiger charge is -2.47. The van der Waals surface area contributed by atoms with E-state index in [-0.39, 0.29) is 28.8 Å². The number of aromatic nitrogens is 2. The van der Waals surface area contributed by atoms with Gasteiger partial charge in [-0.05, 0) is 38.0 Å². The van der Waals surface area contributed by atoms with Gasteiger partial charge in [-0.25, -0.2) is 13.8 Å². The highest BCUT2D eigenvalue weighted by Crippen LogP contribution is 2.52. The van der Waals surface area contributed by atoms with Gasteiger partial charge in [-0.1, -0.05) is 0 Å². The predicted octanol–water partition coefficient (Wildman–Crippen LogP) is 3.41.